The first-order chi connectivity index (χ1) is 10.2. The lowest BCUT2D eigenvalue weighted by Gasteiger charge is -2.13. The molecule has 0 bridgehead atoms. The molecular formula is C15H25N3O4. The van der Waals surface area contributed by atoms with E-state index in [1.54, 1.807) is 0 Å². The molecule has 124 valence electrons. The molecule has 2 N–H and O–H groups in total. The lowest BCUT2D eigenvalue weighted by atomic mass is 9.96. The maximum Gasteiger partial charge on any atom is 0.326 e. The van der Waals surface area contributed by atoms with Crippen molar-refractivity contribution in [3.05, 3.63) is 11.7 Å². The quantitative estimate of drug-likeness (QED) is 0.761. The number of carbonyl (C=O) groups excluding carboxylic acids is 1. The molecule has 0 fully saturated rings. The number of aromatic nitrogens is 2. The summed E-state index contributed by atoms with van der Waals surface area (Å²) in [5, 5.41) is 15.4. The number of nitrogens with zero attached hydrogens (tertiary/aromatic N) is 2. The number of nitrogens with one attached hydrogen (secondary N) is 1. The van der Waals surface area contributed by atoms with E-state index in [0.29, 0.717) is 37.4 Å². The Morgan fingerprint density at radius 3 is 2.55 bits per heavy atom. The summed E-state index contributed by atoms with van der Waals surface area (Å²) in [6.45, 7) is 7.86. The number of hydrogen-bond donors (Lipinski definition) is 2. The van der Waals surface area contributed by atoms with Crippen LogP contribution in [-0.4, -0.2) is 33.2 Å². The molecule has 0 saturated heterocycles. The van der Waals surface area contributed by atoms with E-state index in [9.17, 15) is 9.59 Å². The summed E-state index contributed by atoms with van der Waals surface area (Å²) in [6, 6.07) is -0.812. The summed E-state index contributed by atoms with van der Waals surface area (Å²) in [5.74, 6) is -0.125. The van der Waals surface area contributed by atoms with Crippen molar-refractivity contribution in [1.82, 2.24) is 15.5 Å². The molecule has 1 unspecified atom stereocenters. The molecule has 1 heterocycles. The van der Waals surface area contributed by atoms with Gasteiger partial charge in [-0.1, -0.05) is 39.3 Å². The zero-order chi connectivity index (χ0) is 16.8. The highest BCUT2D eigenvalue weighted by Crippen LogP contribution is 2.18. The fraction of sp³-hybridized carbons (Fsp3) is 0.733. The Balaban J connectivity index is 2.39. The number of aliphatic carboxylic acids is 1. The van der Waals surface area contributed by atoms with Crippen molar-refractivity contribution in [3.63, 3.8) is 0 Å². The van der Waals surface area contributed by atoms with Crippen LogP contribution >= 0.6 is 0 Å². The van der Waals surface area contributed by atoms with Gasteiger partial charge in [-0.15, -0.1) is 0 Å². The number of carbonyl (C=O) groups is 2. The molecule has 0 aliphatic heterocycles. The number of aryl methyl sites for hydroxylation is 1. The van der Waals surface area contributed by atoms with Gasteiger partial charge in [0.2, 0.25) is 11.8 Å². The minimum atomic E-state index is -0.998. The van der Waals surface area contributed by atoms with Crippen LogP contribution in [0, 0.1) is 0 Å². The molecule has 22 heavy (non-hydrogen) atoms. The third kappa shape index (κ3) is 5.83. The monoisotopic (exact) mass is 311 g/mol. The lowest BCUT2D eigenvalue weighted by Crippen LogP contribution is -2.40. The van der Waals surface area contributed by atoms with Crippen LogP contribution in [0.1, 0.15) is 65.1 Å². The van der Waals surface area contributed by atoms with E-state index >= 15 is 0 Å². The predicted molar refractivity (Wildman–Crippen MR) is 80.4 cm³/mol. The fourth-order valence-electron chi connectivity index (χ4n) is 1.87. The minimum absolute atomic E-state index is 0.173. The summed E-state index contributed by atoms with van der Waals surface area (Å²) in [7, 11) is 0. The second-order valence-electron chi connectivity index (χ2n) is 6.36. The van der Waals surface area contributed by atoms with Gasteiger partial charge in [-0.3, -0.25) is 4.79 Å². The van der Waals surface area contributed by atoms with E-state index in [2.05, 4.69) is 15.5 Å². The van der Waals surface area contributed by atoms with Crippen LogP contribution in [-0.2, 0) is 21.4 Å². The minimum Gasteiger partial charge on any atom is -0.480 e. The summed E-state index contributed by atoms with van der Waals surface area (Å²) < 4.78 is 5.14. The van der Waals surface area contributed by atoms with Crippen molar-refractivity contribution in [3.8, 4) is 0 Å². The highest BCUT2D eigenvalue weighted by Gasteiger charge is 2.21. The average Bonchev–Trinajstić information content (AvgIpc) is 2.87. The molecule has 0 spiro atoms. The summed E-state index contributed by atoms with van der Waals surface area (Å²) in [6.07, 6.45) is 2.41. The smallest absolute Gasteiger partial charge is 0.326 e. The van der Waals surface area contributed by atoms with Crippen LogP contribution in [0.15, 0.2) is 4.52 Å². The summed E-state index contributed by atoms with van der Waals surface area (Å²) in [4.78, 5) is 27.0. The zero-order valence-corrected chi connectivity index (χ0v) is 13.7. The van der Waals surface area contributed by atoms with Gasteiger partial charge < -0.3 is 14.9 Å². The van der Waals surface area contributed by atoms with Gasteiger partial charge in [0.05, 0.1) is 0 Å². The Morgan fingerprint density at radius 2 is 2.05 bits per heavy atom. The van der Waals surface area contributed by atoms with E-state index in [0.717, 1.165) is 0 Å². The van der Waals surface area contributed by atoms with Gasteiger partial charge in [0.15, 0.2) is 5.82 Å². The van der Waals surface area contributed by atoms with Gasteiger partial charge in [-0.05, 0) is 12.8 Å². The zero-order valence-electron chi connectivity index (χ0n) is 13.7. The molecular weight excluding hydrogens is 286 g/mol. The van der Waals surface area contributed by atoms with Crippen molar-refractivity contribution in [2.75, 3.05) is 0 Å². The third-order valence-electron chi connectivity index (χ3n) is 3.14. The van der Waals surface area contributed by atoms with Crippen LogP contribution in [0.25, 0.3) is 0 Å². The van der Waals surface area contributed by atoms with Gasteiger partial charge in [0, 0.05) is 18.3 Å². The molecule has 0 aliphatic carbocycles. The Bertz CT molecular complexity index is 505. The number of rotatable bonds is 8. The van der Waals surface area contributed by atoms with E-state index in [4.69, 9.17) is 9.63 Å². The highest BCUT2D eigenvalue weighted by molar-refractivity contribution is 5.83. The topological polar surface area (TPSA) is 105 Å². The average molecular weight is 311 g/mol. The number of carboxylic acid groups (broad SMARTS) is 1. The Hall–Kier alpha value is -1.92. The van der Waals surface area contributed by atoms with E-state index in [1.807, 2.05) is 27.7 Å². The van der Waals surface area contributed by atoms with Crippen molar-refractivity contribution >= 4 is 11.9 Å². The van der Waals surface area contributed by atoms with Crippen LogP contribution in [0.2, 0.25) is 0 Å². The molecule has 0 aromatic carbocycles. The molecule has 1 aromatic heterocycles. The van der Waals surface area contributed by atoms with Gasteiger partial charge in [0.25, 0.3) is 0 Å². The number of carboxylic acids is 1. The lowest BCUT2D eigenvalue weighted by molar-refractivity contribution is -0.142. The molecule has 1 atom stereocenters. The third-order valence-corrected chi connectivity index (χ3v) is 3.14. The van der Waals surface area contributed by atoms with Crippen LogP contribution in [0.3, 0.4) is 0 Å². The highest BCUT2D eigenvalue weighted by atomic mass is 16.5. The first kappa shape index (κ1) is 18.1. The summed E-state index contributed by atoms with van der Waals surface area (Å²) in [5.41, 5.74) is -0.173. The van der Waals surface area contributed by atoms with Crippen LogP contribution in [0.5, 0.6) is 0 Å². The van der Waals surface area contributed by atoms with Gasteiger partial charge >= 0.3 is 5.97 Å². The Kier molecular flexibility index (Phi) is 6.52. The van der Waals surface area contributed by atoms with E-state index in [-0.39, 0.29) is 17.7 Å². The van der Waals surface area contributed by atoms with E-state index < -0.39 is 12.0 Å². The first-order valence-electron chi connectivity index (χ1n) is 7.59. The van der Waals surface area contributed by atoms with Gasteiger partial charge in [-0.25, -0.2) is 4.79 Å². The standard InChI is InChI=1S/C15H25N3O4/c1-5-7-10(13(20)21)16-11(19)8-6-9-12-17-14(18-22-12)15(2,3)4/h10H,5-9H2,1-4H3,(H,16,19)(H,20,21). The van der Waals surface area contributed by atoms with E-state index in [1.165, 1.54) is 0 Å². The maximum atomic E-state index is 11.7. The van der Waals surface area contributed by atoms with Crippen molar-refractivity contribution < 1.29 is 19.2 Å². The normalized spacial score (nSPS) is 12.9. The van der Waals surface area contributed by atoms with Crippen LogP contribution in [0.4, 0.5) is 0 Å². The maximum absolute atomic E-state index is 11.7. The molecule has 1 rings (SSSR count). The Morgan fingerprint density at radius 1 is 1.36 bits per heavy atom. The molecule has 0 aliphatic rings. The predicted octanol–water partition coefficient (Wildman–Crippen LogP) is 2.06. The molecule has 1 amide bonds. The number of amides is 1. The molecule has 7 nitrogen and oxygen atoms in total. The van der Waals surface area contributed by atoms with Crippen LogP contribution < -0.4 is 5.32 Å². The fourth-order valence-corrected chi connectivity index (χ4v) is 1.87. The molecule has 7 heteroatoms. The van der Waals surface area contributed by atoms with Crippen molar-refractivity contribution in [2.24, 2.45) is 0 Å². The first-order valence-corrected chi connectivity index (χ1v) is 7.59. The Labute approximate surface area is 130 Å². The SMILES string of the molecule is CCCC(NC(=O)CCCc1nc(C(C)(C)C)no1)C(=O)O. The molecule has 1 aromatic rings. The summed E-state index contributed by atoms with van der Waals surface area (Å²) >= 11 is 0. The molecule has 0 radical (unpaired) electrons. The molecule has 0 saturated carbocycles. The van der Waals surface area contributed by atoms with Gasteiger partial charge in [0.1, 0.15) is 6.04 Å². The van der Waals surface area contributed by atoms with Gasteiger partial charge in [-0.2, -0.15) is 4.98 Å². The van der Waals surface area contributed by atoms with Crippen molar-refractivity contribution in [1.29, 1.82) is 0 Å². The second-order valence-corrected chi connectivity index (χ2v) is 6.36. The number of hydrogen-bond acceptors (Lipinski definition) is 5. The largest absolute Gasteiger partial charge is 0.480 e. The second kappa shape index (κ2) is 7.91. The van der Waals surface area contributed by atoms with Crippen molar-refractivity contribution in [2.45, 2.75) is 71.3 Å².